The standard InChI is InChI=1S/C18H26N6O/c25-18(14-11-20-23-17(14)13-7-3-1-4-8-13)19-12-16-22-21-15-9-5-2-6-10-24(15)16/h11,13H,1-10,12H2,(H,19,25)(H,20,23). The molecule has 25 heavy (non-hydrogen) atoms. The number of aryl methyl sites for hydroxylation is 1. The maximum atomic E-state index is 12.7. The normalized spacial score (nSPS) is 18.6. The topological polar surface area (TPSA) is 88.5 Å². The van der Waals surface area contributed by atoms with Crippen molar-refractivity contribution in [2.75, 3.05) is 0 Å². The highest BCUT2D eigenvalue weighted by Crippen LogP contribution is 2.33. The molecule has 7 nitrogen and oxygen atoms in total. The van der Waals surface area contributed by atoms with Crippen LogP contribution >= 0.6 is 0 Å². The number of rotatable bonds is 4. The van der Waals surface area contributed by atoms with Crippen molar-refractivity contribution < 1.29 is 4.79 Å². The zero-order chi connectivity index (χ0) is 17.1. The van der Waals surface area contributed by atoms with E-state index in [0.29, 0.717) is 18.0 Å². The molecule has 0 saturated heterocycles. The summed E-state index contributed by atoms with van der Waals surface area (Å²) in [7, 11) is 0. The van der Waals surface area contributed by atoms with E-state index < -0.39 is 0 Å². The van der Waals surface area contributed by atoms with Gasteiger partial charge in [0.15, 0.2) is 5.82 Å². The van der Waals surface area contributed by atoms with Crippen molar-refractivity contribution in [3.05, 3.63) is 29.1 Å². The van der Waals surface area contributed by atoms with Crippen molar-refractivity contribution in [1.29, 1.82) is 0 Å². The molecule has 0 aromatic carbocycles. The zero-order valence-electron chi connectivity index (χ0n) is 14.6. The first-order chi connectivity index (χ1) is 12.3. The van der Waals surface area contributed by atoms with Crippen LogP contribution in [0.1, 0.15) is 85.0 Å². The van der Waals surface area contributed by atoms with E-state index in [1.165, 1.54) is 32.1 Å². The maximum absolute atomic E-state index is 12.7. The van der Waals surface area contributed by atoms with E-state index >= 15 is 0 Å². The largest absolute Gasteiger partial charge is 0.345 e. The SMILES string of the molecule is O=C(NCc1nnc2n1CCCCC2)c1cn[nH]c1C1CCCCC1. The van der Waals surface area contributed by atoms with Crippen molar-refractivity contribution in [1.82, 2.24) is 30.3 Å². The van der Waals surface area contributed by atoms with Crippen LogP contribution in [0.15, 0.2) is 6.20 Å². The van der Waals surface area contributed by atoms with Gasteiger partial charge in [-0.3, -0.25) is 9.89 Å². The summed E-state index contributed by atoms with van der Waals surface area (Å²) < 4.78 is 2.17. The Hall–Kier alpha value is -2.18. The molecule has 0 atom stereocenters. The van der Waals surface area contributed by atoms with Gasteiger partial charge in [0, 0.05) is 18.9 Å². The number of amides is 1. The minimum atomic E-state index is -0.0692. The third kappa shape index (κ3) is 3.45. The fourth-order valence-corrected chi connectivity index (χ4v) is 4.11. The Labute approximate surface area is 147 Å². The summed E-state index contributed by atoms with van der Waals surface area (Å²) in [6.45, 7) is 1.37. The van der Waals surface area contributed by atoms with Crippen LogP contribution in [0.5, 0.6) is 0 Å². The number of hydrogen-bond acceptors (Lipinski definition) is 4. The average Bonchev–Trinajstić information content (AvgIpc) is 3.22. The molecule has 4 rings (SSSR count). The first-order valence-electron chi connectivity index (χ1n) is 9.55. The van der Waals surface area contributed by atoms with Gasteiger partial charge in [-0.1, -0.05) is 25.7 Å². The van der Waals surface area contributed by atoms with Crippen LogP contribution in [-0.4, -0.2) is 30.9 Å². The summed E-state index contributed by atoms with van der Waals surface area (Å²) in [6.07, 6.45) is 12.2. The zero-order valence-corrected chi connectivity index (χ0v) is 14.6. The van der Waals surface area contributed by atoms with Gasteiger partial charge in [0.05, 0.1) is 24.0 Å². The van der Waals surface area contributed by atoms with Gasteiger partial charge in [0.1, 0.15) is 5.82 Å². The Kier molecular flexibility index (Phi) is 4.81. The van der Waals surface area contributed by atoms with Gasteiger partial charge in [-0.05, 0) is 25.7 Å². The summed E-state index contributed by atoms with van der Waals surface area (Å²) in [5.74, 6) is 2.27. The molecule has 2 aromatic rings. The highest BCUT2D eigenvalue weighted by atomic mass is 16.1. The lowest BCUT2D eigenvalue weighted by molar-refractivity contribution is 0.0947. The van der Waals surface area contributed by atoms with Crippen LogP contribution in [0.25, 0.3) is 0 Å². The lowest BCUT2D eigenvalue weighted by atomic mass is 9.85. The molecule has 0 radical (unpaired) electrons. The first-order valence-corrected chi connectivity index (χ1v) is 9.55. The summed E-state index contributed by atoms with van der Waals surface area (Å²) in [5, 5.41) is 18.8. The molecular weight excluding hydrogens is 316 g/mol. The number of carbonyl (C=O) groups excluding carboxylic acids is 1. The van der Waals surface area contributed by atoms with E-state index in [2.05, 4.69) is 30.3 Å². The molecule has 1 aliphatic heterocycles. The molecule has 0 spiro atoms. The highest BCUT2D eigenvalue weighted by Gasteiger charge is 2.24. The van der Waals surface area contributed by atoms with Crippen LogP contribution < -0.4 is 5.32 Å². The summed E-state index contributed by atoms with van der Waals surface area (Å²) in [5.41, 5.74) is 1.68. The monoisotopic (exact) mass is 342 g/mol. The molecule has 7 heteroatoms. The van der Waals surface area contributed by atoms with Gasteiger partial charge in [-0.15, -0.1) is 10.2 Å². The van der Waals surface area contributed by atoms with Crippen LogP contribution in [-0.2, 0) is 19.5 Å². The molecule has 1 aliphatic carbocycles. The number of carbonyl (C=O) groups is 1. The second-order valence-electron chi connectivity index (χ2n) is 7.21. The maximum Gasteiger partial charge on any atom is 0.255 e. The Bertz CT molecular complexity index is 728. The van der Waals surface area contributed by atoms with E-state index in [0.717, 1.165) is 49.6 Å². The number of nitrogens with zero attached hydrogens (tertiary/aromatic N) is 4. The molecule has 2 aliphatic rings. The van der Waals surface area contributed by atoms with Crippen LogP contribution in [0.4, 0.5) is 0 Å². The van der Waals surface area contributed by atoms with Gasteiger partial charge < -0.3 is 9.88 Å². The summed E-state index contributed by atoms with van der Waals surface area (Å²) >= 11 is 0. The summed E-state index contributed by atoms with van der Waals surface area (Å²) in [6, 6.07) is 0. The van der Waals surface area contributed by atoms with Crippen molar-refractivity contribution in [2.24, 2.45) is 0 Å². The quantitative estimate of drug-likeness (QED) is 0.894. The van der Waals surface area contributed by atoms with E-state index in [-0.39, 0.29) is 5.91 Å². The Morgan fingerprint density at radius 3 is 2.88 bits per heavy atom. The number of nitrogens with one attached hydrogen (secondary N) is 2. The van der Waals surface area contributed by atoms with E-state index in [1.807, 2.05) is 0 Å². The lowest BCUT2D eigenvalue weighted by Gasteiger charge is -2.21. The van der Waals surface area contributed by atoms with Gasteiger partial charge in [-0.2, -0.15) is 5.10 Å². The number of H-pyrrole nitrogens is 1. The molecule has 3 heterocycles. The molecule has 1 saturated carbocycles. The third-order valence-corrected chi connectivity index (χ3v) is 5.52. The smallest absolute Gasteiger partial charge is 0.255 e. The fourth-order valence-electron chi connectivity index (χ4n) is 4.11. The van der Waals surface area contributed by atoms with Gasteiger partial charge >= 0.3 is 0 Å². The minimum absolute atomic E-state index is 0.0692. The van der Waals surface area contributed by atoms with Gasteiger partial charge in [0.25, 0.3) is 5.91 Å². The van der Waals surface area contributed by atoms with Gasteiger partial charge in [-0.25, -0.2) is 0 Å². The lowest BCUT2D eigenvalue weighted by Crippen LogP contribution is -2.26. The van der Waals surface area contributed by atoms with Crippen molar-refractivity contribution in [3.63, 3.8) is 0 Å². The fraction of sp³-hybridized carbons (Fsp3) is 0.667. The molecule has 0 unspecified atom stereocenters. The second kappa shape index (κ2) is 7.37. The Balaban J connectivity index is 1.43. The predicted octanol–water partition coefficient (Wildman–Crippen LogP) is 2.71. The Morgan fingerprint density at radius 2 is 2.00 bits per heavy atom. The molecule has 1 fully saturated rings. The average molecular weight is 342 g/mol. The molecule has 2 N–H and O–H groups in total. The molecule has 2 aromatic heterocycles. The molecule has 1 amide bonds. The molecule has 0 bridgehead atoms. The number of aromatic nitrogens is 5. The highest BCUT2D eigenvalue weighted by molar-refractivity contribution is 5.95. The number of aromatic amines is 1. The van der Waals surface area contributed by atoms with Gasteiger partial charge in [0.2, 0.25) is 0 Å². The van der Waals surface area contributed by atoms with Crippen LogP contribution in [0.3, 0.4) is 0 Å². The van der Waals surface area contributed by atoms with Crippen LogP contribution in [0, 0.1) is 0 Å². The minimum Gasteiger partial charge on any atom is -0.345 e. The number of fused-ring (bicyclic) bond motifs is 1. The summed E-state index contributed by atoms with van der Waals surface area (Å²) in [4.78, 5) is 12.7. The van der Waals surface area contributed by atoms with Crippen LogP contribution in [0.2, 0.25) is 0 Å². The number of hydrogen-bond donors (Lipinski definition) is 2. The third-order valence-electron chi connectivity index (χ3n) is 5.52. The van der Waals surface area contributed by atoms with Crippen molar-refractivity contribution >= 4 is 5.91 Å². The van der Waals surface area contributed by atoms with Crippen molar-refractivity contribution in [3.8, 4) is 0 Å². The first kappa shape index (κ1) is 16.3. The second-order valence-corrected chi connectivity index (χ2v) is 7.21. The predicted molar refractivity (Wildman–Crippen MR) is 93.2 cm³/mol. The van der Waals surface area contributed by atoms with Crippen molar-refractivity contribution in [2.45, 2.75) is 76.8 Å². The van der Waals surface area contributed by atoms with E-state index in [4.69, 9.17) is 0 Å². The van der Waals surface area contributed by atoms with E-state index in [1.54, 1.807) is 6.20 Å². The molecule has 134 valence electrons. The Morgan fingerprint density at radius 1 is 1.16 bits per heavy atom. The van der Waals surface area contributed by atoms with E-state index in [9.17, 15) is 4.79 Å². The molecular formula is C18H26N6O.